The van der Waals surface area contributed by atoms with Gasteiger partial charge >= 0.3 is 0 Å². The largest absolute Gasteiger partial charge is 0.398 e. The molecule has 14 aromatic rings. The van der Waals surface area contributed by atoms with Crippen LogP contribution < -0.4 is 5.73 Å². The van der Waals surface area contributed by atoms with Gasteiger partial charge in [0.05, 0.1) is 22.1 Å². The summed E-state index contributed by atoms with van der Waals surface area (Å²) in [6.45, 7) is 0. The van der Waals surface area contributed by atoms with Crippen LogP contribution in [0.25, 0.3) is 134 Å². The number of aromatic nitrogens is 5. The fraction of sp³-hybridized carbons (Fsp3) is 0. The summed E-state index contributed by atoms with van der Waals surface area (Å²) < 4.78 is 4.84. The Morgan fingerprint density at radius 1 is 0.267 bits per heavy atom. The molecule has 0 spiro atoms. The van der Waals surface area contributed by atoms with Gasteiger partial charge < -0.3 is 14.9 Å². The molecule has 0 aliphatic heterocycles. The molecule has 0 saturated carbocycles. The minimum absolute atomic E-state index is 0.618. The second-order valence-electron chi connectivity index (χ2n) is 19.0. The zero-order chi connectivity index (χ0) is 49.8. The van der Waals surface area contributed by atoms with Gasteiger partial charge in [-0.2, -0.15) is 0 Å². The van der Waals surface area contributed by atoms with Crippen LogP contribution in [-0.4, -0.2) is 24.1 Å². The zero-order valence-corrected chi connectivity index (χ0v) is 40.7. The quantitative estimate of drug-likeness (QED) is 0.146. The summed E-state index contributed by atoms with van der Waals surface area (Å²) in [4.78, 5) is 15.0. The van der Waals surface area contributed by atoms with Gasteiger partial charge in [0.2, 0.25) is 0 Å². The molecule has 3 aromatic heterocycles. The Morgan fingerprint density at radius 3 is 1.32 bits per heavy atom. The Hall–Kier alpha value is -10.2. The van der Waals surface area contributed by atoms with Crippen LogP contribution in [0.2, 0.25) is 0 Å². The summed E-state index contributed by atoms with van der Waals surface area (Å²) in [5.41, 5.74) is 26.0. The lowest BCUT2D eigenvalue weighted by molar-refractivity contribution is 1.07. The maximum atomic E-state index is 7.04. The lowest BCUT2D eigenvalue weighted by Gasteiger charge is -2.18. The number of hydrogen-bond acceptors (Lipinski definition) is 4. The minimum atomic E-state index is 0.618. The summed E-state index contributed by atoms with van der Waals surface area (Å²) in [6, 6.07) is 94.3. The molecule has 0 aliphatic rings. The summed E-state index contributed by atoms with van der Waals surface area (Å²) in [5, 5.41) is 4.65. The first-order valence-corrected chi connectivity index (χ1v) is 25.3. The van der Waals surface area contributed by atoms with Crippen molar-refractivity contribution < 1.29 is 0 Å². The molecule has 352 valence electrons. The van der Waals surface area contributed by atoms with E-state index in [2.05, 4.69) is 209 Å². The van der Waals surface area contributed by atoms with Gasteiger partial charge in [-0.05, 0) is 106 Å². The first-order chi connectivity index (χ1) is 37.1. The van der Waals surface area contributed by atoms with Crippen molar-refractivity contribution in [2.45, 2.75) is 0 Å². The molecule has 14 rings (SSSR count). The van der Waals surface area contributed by atoms with E-state index >= 15 is 0 Å². The number of para-hydroxylation sites is 1. The SMILES string of the molecule is Nc1ccc(-c2ccccc2)cc1-c1ccc2c3cc(-c4ccccc4)ccc3n(-c3ccc4c(c3)c3ccccc3n4-c3ccc(-c4nc(-c5ccccc5)nc(-c5ccccc5)n4)cc3)c2c1-c1ccccc1. The number of hydrogen-bond donors (Lipinski definition) is 1. The molecule has 11 aromatic carbocycles. The van der Waals surface area contributed by atoms with Gasteiger partial charge in [-0.25, -0.2) is 15.0 Å². The van der Waals surface area contributed by atoms with Gasteiger partial charge in [-0.15, -0.1) is 0 Å². The molecule has 6 nitrogen and oxygen atoms in total. The Balaban J connectivity index is 0.968. The maximum absolute atomic E-state index is 7.04. The van der Waals surface area contributed by atoms with Gasteiger partial charge in [-0.1, -0.05) is 194 Å². The first kappa shape index (κ1) is 43.6. The fourth-order valence-corrected chi connectivity index (χ4v) is 11.0. The highest BCUT2D eigenvalue weighted by Crippen LogP contribution is 2.47. The number of rotatable bonds is 9. The van der Waals surface area contributed by atoms with Gasteiger partial charge in [0.15, 0.2) is 17.5 Å². The molecule has 0 atom stereocenters. The van der Waals surface area contributed by atoms with Crippen molar-refractivity contribution in [3.63, 3.8) is 0 Å². The monoisotopic (exact) mass is 958 g/mol. The van der Waals surface area contributed by atoms with E-state index in [1.165, 1.54) is 16.5 Å². The van der Waals surface area contributed by atoms with Crippen molar-refractivity contribution >= 4 is 49.3 Å². The third-order valence-electron chi connectivity index (χ3n) is 14.5. The van der Waals surface area contributed by atoms with E-state index < -0.39 is 0 Å². The summed E-state index contributed by atoms with van der Waals surface area (Å²) in [6.07, 6.45) is 0. The molecule has 0 fully saturated rings. The number of nitrogen functional groups attached to an aromatic ring is 1. The van der Waals surface area contributed by atoms with Gasteiger partial charge in [-0.3, -0.25) is 0 Å². The molecule has 0 aliphatic carbocycles. The van der Waals surface area contributed by atoms with E-state index in [-0.39, 0.29) is 0 Å². The predicted octanol–water partition coefficient (Wildman–Crippen LogP) is 17.3. The smallest absolute Gasteiger partial charge is 0.164 e. The highest BCUT2D eigenvalue weighted by molar-refractivity contribution is 6.18. The second-order valence-corrected chi connectivity index (χ2v) is 19.0. The predicted molar refractivity (Wildman–Crippen MR) is 311 cm³/mol. The van der Waals surface area contributed by atoms with Gasteiger partial charge in [0.1, 0.15) is 0 Å². The van der Waals surface area contributed by atoms with E-state index in [4.69, 9.17) is 20.7 Å². The average molecular weight is 959 g/mol. The molecule has 3 heterocycles. The topological polar surface area (TPSA) is 74.5 Å². The second kappa shape index (κ2) is 18.1. The van der Waals surface area contributed by atoms with Crippen LogP contribution in [0.4, 0.5) is 5.69 Å². The number of anilines is 1. The zero-order valence-electron chi connectivity index (χ0n) is 40.7. The molecule has 0 amide bonds. The highest BCUT2D eigenvalue weighted by atomic mass is 15.0. The van der Waals surface area contributed by atoms with Crippen LogP contribution in [0.15, 0.2) is 267 Å². The lowest BCUT2D eigenvalue weighted by atomic mass is 9.89. The van der Waals surface area contributed by atoms with Crippen molar-refractivity contribution in [3.05, 3.63) is 267 Å². The Bertz CT molecular complexity index is 4380. The number of fused-ring (bicyclic) bond motifs is 6. The molecule has 0 bridgehead atoms. The number of nitrogens with two attached hydrogens (primary N) is 1. The summed E-state index contributed by atoms with van der Waals surface area (Å²) in [5.74, 6) is 1.89. The van der Waals surface area contributed by atoms with Crippen molar-refractivity contribution in [3.8, 4) is 90.0 Å². The van der Waals surface area contributed by atoms with Crippen LogP contribution in [0.3, 0.4) is 0 Å². The highest BCUT2D eigenvalue weighted by Gasteiger charge is 2.24. The van der Waals surface area contributed by atoms with Crippen LogP contribution >= 0.6 is 0 Å². The van der Waals surface area contributed by atoms with Crippen LogP contribution in [0.1, 0.15) is 0 Å². The fourth-order valence-electron chi connectivity index (χ4n) is 11.0. The molecule has 0 radical (unpaired) electrons. The Kier molecular flexibility index (Phi) is 10.6. The Labute approximate surface area is 434 Å². The van der Waals surface area contributed by atoms with Crippen LogP contribution in [-0.2, 0) is 0 Å². The van der Waals surface area contributed by atoms with Crippen molar-refractivity contribution in [2.75, 3.05) is 5.73 Å². The summed E-state index contributed by atoms with van der Waals surface area (Å²) >= 11 is 0. The van der Waals surface area contributed by atoms with E-state index in [0.717, 1.165) is 105 Å². The minimum Gasteiger partial charge on any atom is -0.398 e. The van der Waals surface area contributed by atoms with E-state index in [9.17, 15) is 0 Å². The normalized spacial score (nSPS) is 11.5. The van der Waals surface area contributed by atoms with Crippen LogP contribution in [0.5, 0.6) is 0 Å². The van der Waals surface area contributed by atoms with Gasteiger partial charge in [0.25, 0.3) is 0 Å². The Morgan fingerprint density at radius 2 is 0.707 bits per heavy atom. The molecule has 0 saturated heterocycles. The maximum Gasteiger partial charge on any atom is 0.164 e. The molecular weight excluding hydrogens is 913 g/mol. The van der Waals surface area contributed by atoms with Crippen molar-refractivity contribution in [1.82, 2.24) is 24.1 Å². The standard InChI is InChI=1S/C69H46N6/c70-61-39-32-51(45-18-6-1-7-19-45)42-58(61)56-37-38-57-59-43-52(46-20-8-2-9-21-46)33-40-64(59)75(66(57)65(56)47-22-10-3-11-23-47)54-36-41-63-60(44-54)55-28-16-17-29-62(55)74(63)53-34-30-50(31-35-53)69-72-67(48-24-12-4-13-25-48)71-68(73-69)49-26-14-5-15-27-49/h1-44H,70H2. The van der Waals surface area contributed by atoms with E-state index in [0.29, 0.717) is 17.5 Å². The molecular formula is C69H46N6. The van der Waals surface area contributed by atoms with Gasteiger partial charge in [0, 0.05) is 66.4 Å². The molecule has 6 heteroatoms. The average Bonchev–Trinajstić information content (AvgIpc) is 4.00. The third kappa shape index (κ3) is 7.63. The lowest BCUT2D eigenvalue weighted by Crippen LogP contribution is -2.00. The molecule has 0 unspecified atom stereocenters. The van der Waals surface area contributed by atoms with Crippen molar-refractivity contribution in [1.29, 1.82) is 0 Å². The summed E-state index contributed by atoms with van der Waals surface area (Å²) in [7, 11) is 0. The van der Waals surface area contributed by atoms with E-state index in [1.807, 2.05) is 66.7 Å². The number of nitrogens with zero attached hydrogens (tertiary/aromatic N) is 5. The van der Waals surface area contributed by atoms with Crippen LogP contribution in [0, 0.1) is 0 Å². The third-order valence-corrected chi connectivity index (χ3v) is 14.5. The molecule has 2 N–H and O–H groups in total. The molecule has 75 heavy (non-hydrogen) atoms. The van der Waals surface area contributed by atoms with Crippen molar-refractivity contribution in [2.24, 2.45) is 0 Å². The van der Waals surface area contributed by atoms with E-state index in [1.54, 1.807) is 0 Å². The number of benzene rings is 11. The first-order valence-electron chi connectivity index (χ1n) is 25.3.